The number of alkyl halides is 2. The molecule has 2 rings (SSSR count). The average Bonchev–Trinajstić information content (AvgIpc) is 2.41. The number of amides is 1. The van der Waals surface area contributed by atoms with Gasteiger partial charge in [0.15, 0.2) is 0 Å². The van der Waals surface area contributed by atoms with Crippen LogP contribution >= 0.6 is 0 Å². The quantitative estimate of drug-likeness (QED) is 0.683. The molecule has 1 amide bonds. The number of likely N-dealkylation sites (tertiary alicyclic amines) is 1. The number of carbonyl (C=O) groups is 1. The van der Waals surface area contributed by atoms with Crippen LogP contribution in [0.2, 0.25) is 0 Å². The lowest BCUT2D eigenvalue weighted by atomic mass is 10.1. The molecular weight excluding hydrogens is 284 g/mol. The Morgan fingerprint density at radius 3 is 2.67 bits per heavy atom. The van der Waals surface area contributed by atoms with Crippen LogP contribution in [0.1, 0.15) is 12.8 Å². The molecule has 1 aromatic rings. The zero-order valence-corrected chi connectivity index (χ0v) is 11.2. The minimum absolute atomic E-state index is 0.00122. The van der Waals surface area contributed by atoms with Crippen molar-refractivity contribution < 1.29 is 18.5 Å². The molecule has 8 heteroatoms. The first-order chi connectivity index (χ1) is 9.85. The molecule has 0 atom stereocenters. The molecule has 1 aliphatic heterocycles. The van der Waals surface area contributed by atoms with Crippen LogP contribution in [0.25, 0.3) is 0 Å². The number of nitro benzene ring substituents is 1. The van der Waals surface area contributed by atoms with Gasteiger partial charge in [0.1, 0.15) is 0 Å². The van der Waals surface area contributed by atoms with Crippen LogP contribution in [0.4, 0.5) is 20.2 Å². The zero-order chi connectivity index (χ0) is 15.5. The maximum absolute atomic E-state index is 13.0. The van der Waals surface area contributed by atoms with Crippen molar-refractivity contribution in [2.24, 2.45) is 0 Å². The van der Waals surface area contributed by atoms with Gasteiger partial charge in [-0.3, -0.25) is 19.8 Å². The number of nitro groups is 1. The molecule has 1 heterocycles. The number of nitrogens with one attached hydrogen (secondary N) is 1. The largest absolute Gasteiger partial charge is 0.325 e. The fourth-order valence-corrected chi connectivity index (χ4v) is 2.14. The van der Waals surface area contributed by atoms with E-state index in [0.29, 0.717) is 5.69 Å². The molecule has 0 saturated carbocycles. The van der Waals surface area contributed by atoms with Gasteiger partial charge in [0, 0.05) is 43.8 Å². The van der Waals surface area contributed by atoms with Crippen molar-refractivity contribution in [1.82, 2.24) is 4.90 Å². The molecule has 0 aromatic heterocycles. The van der Waals surface area contributed by atoms with E-state index < -0.39 is 10.8 Å². The van der Waals surface area contributed by atoms with Gasteiger partial charge >= 0.3 is 0 Å². The zero-order valence-electron chi connectivity index (χ0n) is 11.2. The fourth-order valence-electron chi connectivity index (χ4n) is 2.14. The maximum atomic E-state index is 13.0. The van der Waals surface area contributed by atoms with E-state index in [-0.39, 0.29) is 44.1 Å². The van der Waals surface area contributed by atoms with E-state index >= 15 is 0 Å². The molecule has 0 unspecified atom stereocenters. The monoisotopic (exact) mass is 299 g/mol. The van der Waals surface area contributed by atoms with Crippen molar-refractivity contribution in [3.05, 3.63) is 34.4 Å². The van der Waals surface area contributed by atoms with E-state index in [1.54, 1.807) is 4.90 Å². The Morgan fingerprint density at radius 1 is 1.38 bits per heavy atom. The molecule has 1 aromatic carbocycles. The van der Waals surface area contributed by atoms with Crippen LogP contribution in [0.15, 0.2) is 24.3 Å². The molecule has 21 heavy (non-hydrogen) atoms. The molecule has 0 aliphatic carbocycles. The number of non-ortho nitro benzene ring substituents is 1. The fraction of sp³-hybridized carbons (Fsp3) is 0.462. The summed E-state index contributed by atoms with van der Waals surface area (Å²) in [4.78, 5) is 23.5. The Bertz CT molecular complexity index is 541. The first-order valence-corrected chi connectivity index (χ1v) is 6.50. The second kappa shape index (κ2) is 6.13. The Balaban J connectivity index is 1.88. The van der Waals surface area contributed by atoms with Gasteiger partial charge in [0.05, 0.1) is 11.5 Å². The summed E-state index contributed by atoms with van der Waals surface area (Å²) in [5.41, 5.74) is 0.196. The lowest BCUT2D eigenvalue weighted by molar-refractivity contribution is -0.384. The Labute approximate surface area is 119 Å². The summed E-state index contributed by atoms with van der Waals surface area (Å²) in [5, 5.41) is 13.2. The molecular formula is C13H15F2N3O3. The highest BCUT2D eigenvalue weighted by molar-refractivity contribution is 5.92. The van der Waals surface area contributed by atoms with Crippen LogP contribution in [0, 0.1) is 10.1 Å². The topological polar surface area (TPSA) is 75.5 Å². The van der Waals surface area contributed by atoms with Crippen molar-refractivity contribution in [2.45, 2.75) is 18.8 Å². The van der Waals surface area contributed by atoms with Crippen molar-refractivity contribution in [1.29, 1.82) is 0 Å². The van der Waals surface area contributed by atoms with Gasteiger partial charge in [-0.2, -0.15) is 0 Å². The van der Waals surface area contributed by atoms with Crippen molar-refractivity contribution in [3.8, 4) is 0 Å². The van der Waals surface area contributed by atoms with Gasteiger partial charge in [0.2, 0.25) is 5.91 Å². The lowest BCUT2D eigenvalue weighted by Gasteiger charge is -2.31. The van der Waals surface area contributed by atoms with E-state index in [9.17, 15) is 23.7 Å². The van der Waals surface area contributed by atoms with Crippen LogP contribution in [-0.4, -0.2) is 41.3 Å². The molecule has 114 valence electrons. The number of benzene rings is 1. The second-order valence-electron chi connectivity index (χ2n) is 4.99. The first kappa shape index (κ1) is 15.3. The minimum atomic E-state index is -2.65. The SMILES string of the molecule is O=C(CN1CCC(F)(F)CC1)Nc1cccc([N+](=O)[O-])c1. The van der Waals surface area contributed by atoms with Crippen LogP contribution < -0.4 is 5.32 Å². The van der Waals surface area contributed by atoms with Gasteiger partial charge in [-0.05, 0) is 6.07 Å². The highest BCUT2D eigenvalue weighted by atomic mass is 19.3. The van der Waals surface area contributed by atoms with Gasteiger partial charge in [-0.25, -0.2) is 8.78 Å². The van der Waals surface area contributed by atoms with Gasteiger partial charge in [-0.1, -0.05) is 6.07 Å². The Hall–Kier alpha value is -2.09. The molecule has 0 spiro atoms. The van der Waals surface area contributed by atoms with Gasteiger partial charge in [0.25, 0.3) is 11.6 Å². The molecule has 0 radical (unpaired) electrons. The summed E-state index contributed by atoms with van der Waals surface area (Å²) in [7, 11) is 0. The second-order valence-corrected chi connectivity index (χ2v) is 4.99. The van der Waals surface area contributed by atoms with Crippen molar-refractivity contribution in [2.75, 3.05) is 25.0 Å². The predicted octanol–water partition coefficient (Wildman–Crippen LogP) is 2.26. The summed E-state index contributed by atoms with van der Waals surface area (Å²) in [6.07, 6.45) is -0.506. The average molecular weight is 299 g/mol. The highest BCUT2D eigenvalue weighted by Crippen LogP contribution is 2.27. The number of hydrogen-bond donors (Lipinski definition) is 1. The standard InChI is InChI=1S/C13H15F2N3O3/c14-13(15)4-6-17(7-5-13)9-12(19)16-10-2-1-3-11(8-10)18(20)21/h1-3,8H,4-7,9H2,(H,16,19). The first-order valence-electron chi connectivity index (χ1n) is 6.50. The third-order valence-corrected chi connectivity index (χ3v) is 3.30. The molecule has 1 fully saturated rings. The van der Waals surface area contributed by atoms with Crippen LogP contribution in [0.5, 0.6) is 0 Å². The number of hydrogen-bond acceptors (Lipinski definition) is 4. The molecule has 0 bridgehead atoms. The third kappa shape index (κ3) is 4.45. The number of rotatable bonds is 4. The molecule has 6 nitrogen and oxygen atoms in total. The molecule has 1 aliphatic rings. The van der Waals surface area contributed by atoms with E-state index in [0.717, 1.165) is 0 Å². The summed E-state index contributed by atoms with van der Waals surface area (Å²) >= 11 is 0. The highest BCUT2D eigenvalue weighted by Gasteiger charge is 2.34. The van der Waals surface area contributed by atoms with E-state index in [1.165, 1.54) is 24.3 Å². The number of anilines is 1. The van der Waals surface area contributed by atoms with E-state index in [2.05, 4.69) is 5.32 Å². The van der Waals surface area contributed by atoms with E-state index in [1.807, 2.05) is 0 Å². The van der Waals surface area contributed by atoms with Crippen LogP contribution in [0.3, 0.4) is 0 Å². The summed E-state index contributed by atoms with van der Waals surface area (Å²) in [6, 6.07) is 5.58. The number of nitrogens with zero attached hydrogens (tertiary/aromatic N) is 2. The van der Waals surface area contributed by atoms with Crippen molar-refractivity contribution >= 4 is 17.3 Å². The Kier molecular flexibility index (Phi) is 4.46. The van der Waals surface area contributed by atoms with Gasteiger partial charge in [-0.15, -0.1) is 0 Å². The number of carbonyl (C=O) groups excluding carboxylic acids is 1. The molecule has 1 N–H and O–H groups in total. The minimum Gasteiger partial charge on any atom is -0.325 e. The maximum Gasteiger partial charge on any atom is 0.271 e. The number of halogens is 2. The molecule has 1 saturated heterocycles. The van der Waals surface area contributed by atoms with Gasteiger partial charge < -0.3 is 5.32 Å². The van der Waals surface area contributed by atoms with Crippen molar-refractivity contribution in [3.63, 3.8) is 0 Å². The smallest absolute Gasteiger partial charge is 0.271 e. The summed E-state index contributed by atoms with van der Waals surface area (Å²) < 4.78 is 26.0. The Morgan fingerprint density at radius 2 is 2.05 bits per heavy atom. The predicted molar refractivity (Wildman–Crippen MR) is 72.3 cm³/mol. The third-order valence-electron chi connectivity index (χ3n) is 3.30. The number of piperidine rings is 1. The normalized spacial score (nSPS) is 18.2. The summed E-state index contributed by atoms with van der Waals surface area (Å²) in [5.74, 6) is -3.02. The lowest BCUT2D eigenvalue weighted by Crippen LogP contribution is -2.42. The van der Waals surface area contributed by atoms with Crippen LogP contribution in [-0.2, 0) is 4.79 Å². The van der Waals surface area contributed by atoms with E-state index in [4.69, 9.17) is 0 Å². The summed E-state index contributed by atoms with van der Waals surface area (Å²) in [6.45, 7) is 0.323.